The Balaban J connectivity index is 3.37. The molecule has 28 nitrogen and oxygen atoms in total. The van der Waals surface area contributed by atoms with E-state index in [0.717, 1.165) is 4.90 Å². The molecule has 0 spiro atoms. The third-order valence-electron chi connectivity index (χ3n) is 13.0. The van der Waals surface area contributed by atoms with Crippen molar-refractivity contribution < 1.29 is 82.8 Å². The molecule has 0 unspecified atom stereocenters. The first-order valence-corrected chi connectivity index (χ1v) is 26.8. The SMILES string of the molecule is CC[C@H](C)[C@H](NC(=O)[C@@H](N)CCC(=O)O)C(=O)N[C@@H](CCC(=O)O)C(=O)N1CCC[C@H]1C(=O)N[C@H](C(=O)N[C@@H](CC(C)C)C(=O)N[C@@H](CO)C(=O)N[C@@H](CC(C)C)C(=O)N[C@@H](CC(C)C)C(=O)N[C@@H](CC(N)=O)C(=O)O)C(C)C. The number of aliphatic carboxylic acids is 3. The first-order chi connectivity index (χ1) is 36.7. The minimum atomic E-state index is -1.69. The summed E-state index contributed by atoms with van der Waals surface area (Å²) in [7, 11) is 0. The zero-order chi connectivity index (χ0) is 60.6. The zero-order valence-corrected chi connectivity index (χ0v) is 47.1. The molecule has 1 heterocycles. The van der Waals surface area contributed by atoms with Gasteiger partial charge in [0.2, 0.25) is 59.1 Å². The second-order valence-electron chi connectivity index (χ2n) is 21.7. The third-order valence-corrected chi connectivity index (χ3v) is 13.0. The highest BCUT2D eigenvalue weighted by Gasteiger charge is 2.42. The van der Waals surface area contributed by atoms with Gasteiger partial charge in [-0.3, -0.25) is 57.5 Å². The Morgan fingerprint density at radius 3 is 1.37 bits per heavy atom. The Morgan fingerprint density at radius 2 is 0.949 bits per heavy atom. The lowest BCUT2D eigenvalue weighted by atomic mass is 9.96. The van der Waals surface area contributed by atoms with Crippen LogP contribution in [0.15, 0.2) is 0 Å². The van der Waals surface area contributed by atoms with Crippen molar-refractivity contribution in [2.24, 2.45) is 41.1 Å². The monoisotopic (exact) mass is 1130 g/mol. The van der Waals surface area contributed by atoms with Crippen LogP contribution in [-0.4, -0.2) is 176 Å². The van der Waals surface area contributed by atoms with E-state index in [9.17, 15) is 77.6 Å². The van der Waals surface area contributed by atoms with Crippen molar-refractivity contribution in [2.45, 2.75) is 200 Å². The number of amides is 10. The average Bonchev–Trinajstić information content (AvgIpc) is 3.85. The predicted octanol–water partition coefficient (Wildman–Crippen LogP) is -2.29. The van der Waals surface area contributed by atoms with Gasteiger partial charge in [0.15, 0.2) is 0 Å². The van der Waals surface area contributed by atoms with E-state index in [1.54, 1.807) is 69.2 Å². The van der Waals surface area contributed by atoms with Gasteiger partial charge < -0.3 is 79.3 Å². The fraction of sp³-hybridized carbons (Fsp3) is 0.745. The molecule has 0 saturated carbocycles. The molecule has 1 saturated heterocycles. The molecule has 0 aliphatic carbocycles. The lowest BCUT2D eigenvalue weighted by Gasteiger charge is -2.32. The molecule has 28 heteroatoms. The van der Waals surface area contributed by atoms with Gasteiger partial charge in [-0.15, -0.1) is 0 Å². The normalized spacial score (nSPS) is 17.1. The number of aliphatic hydroxyl groups excluding tert-OH is 1. The van der Waals surface area contributed by atoms with Crippen LogP contribution in [-0.2, 0) is 62.3 Å². The summed E-state index contributed by atoms with van der Waals surface area (Å²) in [5.41, 5.74) is 11.0. The topological polar surface area (TPSA) is 454 Å². The Labute approximate surface area is 460 Å². The van der Waals surface area contributed by atoms with Crippen LogP contribution in [0, 0.1) is 29.6 Å². The number of hydrogen-bond donors (Lipinski definition) is 14. The van der Waals surface area contributed by atoms with Gasteiger partial charge in [-0.1, -0.05) is 75.7 Å². The van der Waals surface area contributed by atoms with Crippen molar-refractivity contribution in [3.63, 3.8) is 0 Å². The number of carbonyl (C=O) groups is 13. The maximum atomic E-state index is 14.2. The molecule has 1 aliphatic rings. The van der Waals surface area contributed by atoms with Crippen LogP contribution < -0.4 is 54.0 Å². The second-order valence-corrected chi connectivity index (χ2v) is 21.7. The van der Waals surface area contributed by atoms with Crippen LogP contribution in [0.4, 0.5) is 0 Å². The van der Waals surface area contributed by atoms with E-state index in [0.29, 0.717) is 12.8 Å². The highest BCUT2D eigenvalue weighted by atomic mass is 16.4. The summed E-state index contributed by atoms with van der Waals surface area (Å²) in [5.74, 6) is -14.8. The summed E-state index contributed by atoms with van der Waals surface area (Å²) in [6.45, 7) is 16.0. The lowest BCUT2D eigenvalue weighted by molar-refractivity contribution is -0.144. The van der Waals surface area contributed by atoms with Crippen LogP contribution in [0.1, 0.15) is 140 Å². The minimum Gasteiger partial charge on any atom is -0.481 e. The standard InChI is InChI=1S/C51H87N11O17/c1-11-28(10)41(61-42(69)29(52)14-16-38(65)66)49(76)54-30(15-17-39(67)68)50(77)62-18-12-13-36(62)47(74)60-40(27(8)9)48(75)57-33(21-26(6)7)45(72)59-35(23-63)46(73)56-31(19-24(2)3)43(70)55-32(20-25(4)5)44(71)58-34(51(78)79)22-37(53)64/h24-36,40-41,63H,11-23,52H2,1-10H3,(H2,53,64)(H,54,76)(H,55,70)(H,56,73)(H,57,75)(H,58,71)(H,59,72)(H,60,74)(H,61,69)(H,65,66)(H,67,68)(H,78,79)/t28-,29-,30-,31-,32-,33-,34-,35-,36-,40-,41-/m0/s1. The van der Waals surface area contributed by atoms with Crippen molar-refractivity contribution in [3.8, 4) is 0 Å². The summed E-state index contributed by atoms with van der Waals surface area (Å²) in [4.78, 5) is 171. The van der Waals surface area contributed by atoms with E-state index in [-0.39, 0.29) is 56.4 Å². The minimum absolute atomic E-state index is 0.00232. The van der Waals surface area contributed by atoms with Crippen LogP contribution in [0.25, 0.3) is 0 Å². The molecule has 1 rings (SSSR count). The van der Waals surface area contributed by atoms with Crippen LogP contribution in [0.3, 0.4) is 0 Å². The zero-order valence-electron chi connectivity index (χ0n) is 47.1. The van der Waals surface area contributed by atoms with E-state index in [2.05, 4.69) is 42.5 Å². The number of hydrogen-bond acceptors (Lipinski definition) is 15. The molecular weight excluding hydrogens is 1040 g/mol. The molecule has 0 bridgehead atoms. The van der Waals surface area contributed by atoms with Crippen molar-refractivity contribution >= 4 is 77.0 Å². The molecule has 0 aromatic heterocycles. The van der Waals surface area contributed by atoms with Gasteiger partial charge >= 0.3 is 17.9 Å². The molecule has 1 fully saturated rings. The van der Waals surface area contributed by atoms with Crippen LogP contribution >= 0.6 is 0 Å². The van der Waals surface area contributed by atoms with Gasteiger partial charge in [-0.05, 0) is 74.5 Å². The molecule has 0 aromatic rings. The molecule has 79 heavy (non-hydrogen) atoms. The van der Waals surface area contributed by atoms with Gasteiger partial charge in [0.25, 0.3) is 0 Å². The van der Waals surface area contributed by atoms with E-state index >= 15 is 0 Å². The average molecular weight is 1130 g/mol. The summed E-state index contributed by atoms with van der Waals surface area (Å²) in [6.07, 6.45) is -1.60. The number of primary amides is 1. The highest BCUT2D eigenvalue weighted by molar-refractivity contribution is 5.99. The summed E-state index contributed by atoms with van der Waals surface area (Å²) in [5, 5.41) is 58.5. The molecule has 10 amide bonds. The molecule has 11 atom stereocenters. The van der Waals surface area contributed by atoms with Gasteiger partial charge in [0.05, 0.1) is 19.1 Å². The number of likely N-dealkylation sites (tertiary alicyclic amines) is 1. The highest BCUT2D eigenvalue weighted by Crippen LogP contribution is 2.22. The van der Waals surface area contributed by atoms with Crippen molar-refractivity contribution in [2.75, 3.05) is 13.2 Å². The number of rotatable bonds is 36. The van der Waals surface area contributed by atoms with E-state index in [1.807, 2.05) is 0 Å². The Hall–Kier alpha value is -6.97. The fourth-order valence-electron chi connectivity index (χ4n) is 8.50. The van der Waals surface area contributed by atoms with Crippen LogP contribution in [0.5, 0.6) is 0 Å². The Bertz CT molecular complexity index is 2160. The molecular formula is C51H87N11O17. The molecule has 16 N–H and O–H groups in total. The maximum Gasteiger partial charge on any atom is 0.326 e. The second kappa shape index (κ2) is 34.1. The summed E-state index contributed by atoms with van der Waals surface area (Å²) >= 11 is 0. The number of carbonyl (C=O) groups excluding carboxylic acids is 10. The van der Waals surface area contributed by atoms with Crippen molar-refractivity contribution in [3.05, 3.63) is 0 Å². The lowest BCUT2D eigenvalue weighted by Crippen LogP contribution is -2.61. The summed E-state index contributed by atoms with van der Waals surface area (Å²) < 4.78 is 0. The van der Waals surface area contributed by atoms with E-state index in [4.69, 9.17) is 16.6 Å². The van der Waals surface area contributed by atoms with Gasteiger partial charge in [-0.2, -0.15) is 0 Å². The number of carboxylic acids is 3. The van der Waals surface area contributed by atoms with E-state index in [1.165, 1.54) is 0 Å². The summed E-state index contributed by atoms with van der Waals surface area (Å²) in [6, 6.07) is -14.0. The first-order valence-electron chi connectivity index (χ1n) is 26.8. The van der Waals surface area contributed by atoms with Crippen molar-refractivity contribution in [1.82, 2.24) is 47.4 Å². The first kappa shape index (κ1) is 70.0. The van der Waals surface area contributed by atoms with E-state index < -0.39 is 182 Å². The predicted molar refractivity (Wildman–Crippen MR) is 283 cm³/mol. The number of nitrogens with zero attached hydrogens (tertiary/aromatic N) is 1. The quantitative estimate of drug-likeness (QED) is 0.0314. The third kappa shape index (κ3) is 24.7. The molecule has 0 aromatic carbocycles. The largest absolute Gasteiger partial charge is 0.481 e. The maximum absolute atomic E-state index is 14.2. The van der Waals surface area contributed by atoms with Crippen molar-refractivity contribution in [1.29, 1.82) is 0 Å². The molecule has 1 aliphatic heterocycles. The molecule has 448 valence electrons. The smallest absolute Gasteiger partial charge is 0.326 e. The molecule has 0 radical (unpaired) electrons. The van der Waals surface area contributed by atoms with Gasteiger partial charge in [-0.25, -0.2) is 4.79 Å². The van der Waals surface area contributed by atoms with Gasteiger partial charge in [0, 0.05) is 19.4 Å². The number of nitrogens with two attached hydrogens (primary N) is 2. The Morgan fingerprint density at radius 1 is 0.532 bits per heavy atom. The Kier molecular flexibility index (Phi) is 30.3. The number of nitrogens with one attached hydrogen (secondary N) is 8. The van der Waals surface area contributed by atoms with Crippen LogP contribution in [0.2, 0.25) is 0 Å². The number of carboxylic acid groups (broad SMARTS) is 3. The van der Waals surface area contributed by atoms with Gasteiger partial charge in [0.1, 0.15) is 54.4 Å². The fourth-order valence-corrected chi connectivity index (χ4v) is 8.50. The number of aliphatic hydroxyl groups is 1.